The predicted molar refractivity (Wildman–Crippen MR) is 92.7 cm³/mol. The van der Waals surface area contributed by atoms with Crippen LogP contribution in [0.3, 0.4) is 0 Å². The second kappa shape index (κ2) is 8.41. The minimum Gasteiger partial charge on any atom is -0.378 e. The number of nitrogens with one attached hydrogen (secondary N) is 1. The van der Waals surface area contributed by atoms with Crippen molar-refractivity contribution in [1.82, 2.24) is 5.32 Å². The van der Waals surface area contributed by atoms with Gasteiger partial charge in [-0.15, -0.1) is 0 Å². The van der Waals surface area contributed by atoms with Gasteiger partial charge >= 0.3 is 6.18 Å². The summed E-state index contributed by atoms with van der Waals surface area (Å²) in [4.78, 5) is 23.8. The lowest BCUT2D eigenvalue weighted by atomic mass is 10.0. The maximum atomic E-state index is 12.6. The number of benzene rings is 2. The minimum atomic E-state index is -4.53. The molecule has 4 N–H and O–H groups in total. The van der Waals surface area contributed by atoms with Crippen LogP contribution in [0.5, 0.6) is 0 Å². The Morgan fingerprint density at radius 1 is 1.07 bits per heavy atom. The quantitative estimate of drug-likeness (QED) is 0.696. The van der Waals surface area contributed by atoms with Crippen LogP contribution in [0.2, 0.25) is 5.02 Å². The van der Waals surface area contributed by atoms with Gasteiger partial charge in [-0.25, -0.2) is 0 Å². The number of halogens is 4. The highest BCUT2D eigenvalue weighted by atomic mass is 35.5. The third-order valence-electron chi connectivity index (χ3n) is 3.82. The van der Waals surface area contributed by atoms with Crippen LogP contribution in [-0.4, -0.2) is 23.0 Å². The van der Waals surface area contributed by atoms with E-state index in [0.29, 0.717) is 10.6 Å². The van der Waals surface area contributed by atoms with Crippen LogP contribution in [0, 0.1) is 0 Å². The van der Waals surface area contributed by atoms with Crippen molar-refractivity contribution < 1.29 is 27.9 Å². The standard InChI is InChI=1S/C18H16ClF3N2O3/c19-13-7-1-10(2-8-13)9-14(16(23)26)24-17(27)15(25)11-3-5-12(6-4-11)18(20,21)22/h1-8,14-15,25H,9H2,(H2,23,26)(H,24,27)/t14-,15-/m0/s1. The third kappa shape index (κ3) is 5.70. The van der Waals surface area contributed by atoms with E-state index in [2.05, 4.69) is 5.32 Å². The summed E-state index contributed by atoms with van der Waals surface area (Å²) in [7, 11) is 0. The largest absolute Gasteiger partial charge is 0.416 e. The summed E-state index contributed by atoms with van der Waals surface area (Å²) >= 11 is 5.78. The Hall–Kier alpha value is -2.58. The minimum absolute atomic E-state index is 0.0461. The number of carbonyl (C=O) groups excluding carboxylic acids is 2. The molecule has 9 heteroatoms. The molecule has 0 unspecified atom stereocenters. The van der Waals surface area contributed by atoms with Crippen LogP contribution >= 0.6 is 11.6 Å². The van der Waals surface area contributed by atoms with Gasteiger partial charge in [0.2, 0.25) is 5.91 Å². The molecule has 144 valence electrons. The smallest absolute Gasteiger partial charge is 0.378 e. The Labute approximate surface area is 157 Å². The fourth-order valence-electron chi connectivity index (χ4n) is 2.34. The second-order valence-electron chi connectivity index (χ2n) is 5.82. The molecule has 0 saturated carbocycles. The van der Waals surface area contributed by atoms with Gasteiger partial charge in [-0.3, -0.25) is 9.59 Å². The first-order valence-electron chi connectivity index (χ1n) is 7.77. The first-order chi connectivity index (χ1) is 12.6. The number of aliphatic hydroxyl groups excluding tert-OH is 1. The Balaban J connectivity index is 2.07. The van der Waals surface area contributed by atoms with Gasteiger partial charge in [0.15, 0.2) is 6.10 Å². The van der Waals surface area contributed by atoms with Gasteiger partial charge in [0.1, 0.15) is 6.04 Å². The number of nitrogens with two attached hydrogens (primary N) is 1. The van der Waals surface area contributed by atoms with E-state index in [1.165, 1.54) is 0 Å². The van der Waals surface area contributed by atoms with Gasteiger partial charge in [-0.05, 0) is 35.4 Å². The number of aliphatic hydroxyl groups is 1. The normalized spacial score (nSPS) is 13.7. The Bertz CT molecular complexity index is 808. The summed E-state index contributed by atoms with van der Waals surface area (Å²) in [6.45, 7) is 0. The van der Waals surface area contributed by atoms with Gasteiger partial charge < -0.3 is 16.2 Å². The molecule has 0 aliphatic carbocycles. The molecule has 5 nitrogen and oxygen atoms in total. The summed E-state index contributed by atoms with van der Waals surface area (Å²) in [5.41, 5.74) is 5.00. The molecule has 27 heavy (non-hydrogen) atoms. The Morgan fingerprint density at radius 2 is 1.63 bits per heavy atom. The molecule has 2 amide bonds. The van der Waals surface area contributed by atoms with Crippen molar-refractivity contribution in [2.75, 3.05) is 0 Å². The topological polar surface area (TPSA) is 92.4 Å². The number of hydrogen-bond donors (Lipinski definition) is 3. The molecule has 0 aromatic heterocycles. The van der Waals surface area contributed by atoms with Crippen LogP contribution in [0.25, 0.3) is 0 Å². The molecule has 0 bridgehead atoms. The average molecular weight is 401 g/mol. The fraction of sp³-hybridized carbons (Fsp3) is 0.222. The molecule has 0 fully saturated rings. The van der Waals surface area contributed by atoms with E-state index in [9.17, 15) is 27.9 Å². The first kappa shape index (κ1) is 20.7. The molecule has 0 radical (unpaired) electrons. The van der Waals surface area contributed by atoms with Gasteiger partial charge in [-0.2, -0.15) is 13.2 Å². The fourth-order valence-corrected chi connectivity index (χ4v) is 2.46. The summed E-state index contributed by atoms with van der Waals surface area (Å²) in [5.74, 6) is -1.77. The number of amides is 2. The lowest BCUT2D eigenvalue weighted by molar-refractivity contribution is -0.137. The van der Waals surface area contributed by atoms with Crippen molar-refractivity contribution in [1.29, 1.82) is 0 Å². The summed E-state index contributed by atoms with van der Waals surface area (Å²) in [6.07, 6.45) is -6.21. The maximum absolute atomic E-state index is 12.6. The van der Waals surface area contributed by atoms with E-state index in [1.54, 1.807) is 24.3 Å². The first-order valence-corrected chi connectivity index (χ1v) is 8.15. The van der Waals surface area contributed by atoms with Gasteiger partial charge in [0.25, 0.3) is 5.91 Å². The van der Waals surface area contributed by atoms with Crippen LogP contribution in [-0.2, 0) is 22.2 Å². The molecule has 0 saturated heterocycles. The van der Waals surface area contributed by atoms with Crippen molar-refractivity contribution in [2.45, 2.75) is 24.7 Å². The number of primary amides is 1. The molecule has 0 heterocycles. The SMILES string of the molecule is NC(=O)[C@H](Cc1ccc(Cl)cc1)NC(=O)[C@@H](O)c1ccc(C(F)(F)F)cc1. The zero-order chi connectivity index (χ0) is 20.2. The highest BCUT2D eigenvalue weighted by Gasteiger charge is 2.31. The zero-order valence-electron chi connectivity index (χ0n) is 13.8. The summed E-state index contributed by atoms with van der Waals surface area (Å²) in [6, 6.07) is 8.89. The van der Waals surface area contributed by atoms with Crippen molar-refractivity contribution >= 4 is 23.4 Å². The second-order valence-corrected chi connectivity index (χ2v) is 6.25. The molecular weight excluding hydrogens is 385 g/mol. The Kier molecular flexibility index (Phi) is 6.45. The average Bonchev–Trinajstić information content (AvgIpc) is 2.61. The van der Waals surface area contributed by atoms with E-state index in [1.807, 2.05) is 0 Å². The van der Waals surface area contributed by atoms with E-state index in [-0.39, 0.29) is 12.0 Å². The molecule has 2 aromatic rings. The molecular formula is C18H16ClF3N2O3. The van der Waals surface area contributed by atoms with Crippen LogP contribution in [0.4, 0.5) is 13.2 Å². The lowest BCUT2D eigenvalue weighted by Crippen LogP contribution is -2.47. The number of rotatable bonds is 6. The predicted octanol–water partition coefficient (Wildman–Crippen LogP) is 2.61. The monoisotopic (exact) mass is 400 g/mol. The molecule has 0 aliphatic heterocycles. The number of carbonyl (C=O) groups is 2. The number of hydrogen-bond acceptors (Lipinski definition) is 3. The molecule has 2 atom stereocenters. The van der Waals surface area contributed by atoms with Crippen LogP contribution < -0.4 is 11.1 Å². The number of alkyl halides is 3. The molecule has 2 rings (SSSR count). The van der Waals surface area contributed by atoms with Crippen molar-refractivity contribution in [3.05, 3.63) is 70.2 Å². The van der Waals surface area contributed by atoms with E-state index in [0.717, 1.165) is 24.3 Å². The Morgan fingerprint density at radius 3 is 2.11 bits per heavy atom. The van der Waals surface area contributed by atoms with Crippen molar-refractivity contribution in [3.8, 4) is 0 Å². The van der Waals surface area contributed by atoms with Crippen molar-refractivity contribution in [3.63, 3.8) is 0 Å². The summed E-state index contributed by atoms with van der Waals surface area (Å²) in [5, 5.41) is 12.9. The molecule has 0 aliphatic rings. The lowest BCUT2D eigenvalue weighted by Gasteiger charge is -2.19. The molecule has 0 spiro atoms. The van der Waals surface area contributed by atoms with Gasteiger partial charge in [-0.1, -0.05) is 35.9 Å². The van der Waals surface area contributed by atoms with Crippen LogP contribution in [0.1, 0.15) is 22.8 Å². The maximum Gasteiger partial charge on any atom is 0.416 e. The van der Waals surface area contributed by atoms with Crippen LogP contribution in [0.15, 0.2) is 48.5 Å². The van der Waals surface area contributed by atoms with Gasteiger partial charge in [0, 0.05) is 11.4 Å². The third-order valence-corrected chi connectivity index (χ3v) is 4.07. The van der Waals surface area contributed by atoms with E-state index >= 15 is 0 Å². The molecule has 2 aromatic carbocycles. The van der Waals surface area contributed by atoms with Gasteiger partial charge in [0.05, 0.1) is 5.56 Å². The summed E-state index contributed by atoms with van der Waals surface area (Å²) < 4.78 is 37.7. The highest BCUT2D eigenvalue weighted by Crippen LogP contribution is 2.30. The van der Waals surface area contributed by atoms with Crippen molar-refractivity contribution in [2.24, 2.45) is 5.73 Å². The van der Waals surface area contributed by atoms with E-state index in [4.69, 9.17) is 17.3 Å². The van der Waals surface area contributed by atoms with E-state index < -0.39 is 35.7 Å². The zero-order valence-corrected chi connectivity index (χ0v) is 14.6. The highest BCUT2D eigenvalue weighted by molar-refractivity contribution is 6.30.